The molecule has 0 aromatic heterocycles. The number of hydrogen-bond donors (Lipinski definition) is 0. The van der Waals surface area contributed by atoms with Crippen LogP contribution in [0.2, 0.25) is 0 Å². The van der Waals surface area contributed by atoms with Crippen molar-refractivity contribution in [2.24, 2.45) is 0 Å². The van der Waals surface area contributed by atoms with Gasteiger partial charge in [-0.1, -0.05) is 27.7 Å². The molecule has 1 aliphatic rings. The Balaban J connectivity index is 2.70. The average Bonchev–Trinajstić information content (AvgIpc) is 2.50. The lowest BCUT2D eigenvalue weighted by Crippen LogP contribution is -2.49. The predicted molar refractivity (Wildman–Crippen MR) is 93.1 cm³/mol. The molecular weight excluding hydrogens is 260 g/mol. The Morgan fingerprint density at radius 3 is 1.48 bits per heavy atom. The zero-order chi connectivity index (χ0) is 15.7. The largest absolute Gasteiger partial charge is 0.301 e. The van der Waals surface area contributed by atoms with E-state index in [1.54, 1.807) is 0 Å². The molecule has 4 heteroatoms. The molecule has 0 spiro atoms. The van der Waals surface area contributed by atoms with Crippen molar-refractivity contribution >= 4 is 0 Å². The first-order valence-corrected chi connectivity index (χ1v) is 9.05. The highest BCUT2D eigenvalue weighted by molar-refractivity contribution is 4.75. The van der Waals surface area contributed by atoms with Crippen molar-refractivity contribution in [1.82, 2.24) is 19.6 Å². The third kappa shape index (κ3) is 6.64. The number of hydrogen-bond acceptors (Lipinski definition) is 4. The van der Waals surface area contributed by atoms with Crippen LogP contribution in [-0.2, 0) is 0 Å². The Kier molecular flexibility index (Phi) is 9.49. The van der Waals surface area contributed by atoms with E-state index in [0.717, 1.165) is 6.54 Å². The topological polar surface area (TPSA) is 13.0 Å². The Morgan fingerprint density at radius 2 is 1.05 bits per heavy atom. The maximum atomic E-state index is 2.64. The zero-order valence-corrected chi connectivity index (χ0v) is 15.1. The van der Waals surface area contributed by atoms with Gasteiger partial charge in [-0.05, 0) is 33.1 Å². The van der Waals surface area contributed by atoms with E-state index in [4.69, 9.17) is 0 Å². The van der Waals surface area contributed by atoms with Gasteiger partial charge in [0.25, 0.3) is 0 Å². The lowest BCUT2D eigenvalue weighted by Gasteiger charge is -2.36. The highest BCUT2D eigenvalue weighted by Gasteiger charge is 2.18. The molecule has 1 atom stereocenters. The first-order chi connectivity index (χ1) is 10.1. The van der Waals surface area contributed by atoms with E-state index in [1.165, 1.54) is 65.4 Å². The monoisotopic (exact) mass is 298 g/mol. The Bertz CT molecular complexity index is 259. The van der Waals surface area contributed by atoms with Crippen LogP contribution in [-0.4, -0.2) is 97.6 Å². The Labute approximate surface area is 133 Å². The van der Waals surface area contributed by atoms with Crippen LogP contribution >= 0.6 is 0 Å². The first kappa shape index (κ1) is 18.9. The van der Waals surface area contributed by atoms with Crippen molar-refractivity contribution < 1.29 is 0 Å². The van der Waals surface area contributed by atoms with E-state index in [-0.39, 0.29) is 0 Å². The van der Waals surface area contributed by atoms with E-state index in [0.29, 0.717) is 6.04 Å². The van der Waals surface area contributed by atoms with Crippen molar-refractivity contribution in [1.29, 1.82) is 0 Å². The van der Waals surface area contributed by atoms with Gasteiger partial charge in [0.05, 0.1) is 0 Å². The SMILES string of the molecule is CCN1CCN(CC)CCN(CC)C(C)CN(CC)CC1. The van der Waals surface area contributed by atoms with Crippen molar-refractivity contribution in [2.45, 2.75) is 40.7 Å². The van der Waals surface area contributed by atoms with E-state index >= 15 is 0 Å². The quantitative estimate of drug-likeness (QED) is 0.783. The molecular formula is C17H38N4. The molecule has 0 amide bonds. The number of rotatable bonds is 4. The fraction of sp³-hybridized carbons (Fsp3) is 1.00. The standard InChI is InChI=1S/C17H38N4/c1-6-18-10-11-19(7-2)14-15-21(9-4)17(5)16-20(8-3)13-12-18/h17H,6-16H2,1-5H3. The second-order valence-corrected chi connectivity index (χ2v) is 6.24. The number of likely N-dealkylation sites (N-methyl/N-ethyl adjacent to an activating group) is 4. The highest BCUT2D eigenvalue weighted by Crippen LogP contribution is 2.05. The summed E-state index contributed by atoms with van der Waals surface area (Å²) in [6.07, 6.45) is 0. The van der Waals surface area contributed by atoms with Gasteiger partial charge in [-0.25, -0.2) is 0 Å². The van der Waals surface area contributed by atoms with Crippen LogP contribution in [0, 0.1) is 0 Å². The molecule has 1 rings (SSSR count). The van der Waals surface area contributed by atoms with Gasteiger partial charge in [0, 0.05) is 51.9 Å². The minimum absolute atomic E-state index is 0.656. The van der Waals surface area contributed by atoms with Gasteiger partial charge < -0.3 is 14.7 Å². The summed E-state index contributed by atoms with van der Waals surface area (Å²) < 4.78 is 0. The minimum Gasteiger partial charge on any atom is -0.301 e. The summed E-state index contributed by atoms with van der Waals surface area (Å²) in [5.41, 5.74) is 0. The molecule has 126 valence electrons. The summed E-state index contributed by atoms with van der Waals surface area (Å²) in [7, 11) is 0. The van der Waals surface area contributed by atoms with E-state index < -0.39 is 0 Å². The first-order valence-electron chi connectivity index (χ1n) is 9.05. The predicted octanol–water partition coefficient (Wildman–Crippen LogP) is 1.68. The fourth-order valence-electron chi connectivity index (χ4n) is 3.25. The molecule has 0 aromatic carbocycles. The molecule has 21 heavy (non-hydrogen) atoms. The summed E-state index contributed by atoms with van der Waals surface area (Å²) in [6.45, 7) is 24.7. The van der Waals surface area contributed by atoms with Gasteiger partial charge in [0.1, 0.15) is 0 Å². The molecule has 4 nitrogen and oxygen atoms in total. The average molecular weight is 299 g/mol. The maximum absolute atomic E-state index is 2.64. The Morgan fingerprint density at radius 1 is 0.619 bits per heavy atom. The molecule has 1 aliphatic heterocycles. The lowest BCUT2D eigenvalue weighted by atomic mass is 10.2. The van der Waals surface area contributed by atoms with Crippen LogP contribution < -0.4 is 0 Å². The van der Waals surface area contributed by atoms with E-state index in [9.17, 15) is 0 Å². The van der Waals surface area contributed by atoms with Gasteiger partial charge in [0.15, 0.2) is 0 Å². The van der Waals surface area contributed by atoms with Crippen molar-refractivity contribution in [3.8, 4) is 0 Å². The summed E-state index contributed by atoms with van der Waals surface area (Å²) in [5.74, 6) is 0. The third-order valence-corrected chi connectivity index (χ3v) is 5.06. The fourth-order valence-corrected chi connectivity index (χ4v) is 3.25. The molecule has 1 fully saturated rings. The third-order valence-electron chi connectivity index (χ3n) is 5.06. The van der Waals surface area contributed by atoms with E-state index in [2.05, 4.69) is 54.2 Å². The van der Waals surface area contributed by atoms with Crippen LogP contribution in [0.15, 0.2) is 0 Å². The van der Waals surface area contributed by atoms with E-state index in [1.807, 2.05) is 0 Å². The smallest absolute Gasteiger partial charge is 0.0195 e. The summed E-state index contributed by atoms with van der Waals surface area (Å²) in [5, 5.41) is 0. The van der Waals surface area contributed by atoms with Crippen molar-refractivity contribution in [3.05, 3.63) is 0 Å². The zero-order valence-electron chi connectivity index (χ0n) is 15.1. The molecule has 1 unspecified atom stereocenters. The summed E-state index contributed by atoms with van der Waals surface area (Å²) in [6, 6.07) is 0.656. The van der Waals surface area contributed by atoms with Crippen LogP contribution in [0.25, 0.3) is 0 Å². The summed E-state index contributed by atoms with van der Waals surface area (Å²) >= 11 is 0. The van der Waals surface area contributed by atoms with Crippen molar-refractivity contribution in [3.63, 3.8) is 0 Å². The normalized spacial score (nSPS) is 26.4. The molecule has 0 saturated carbocycles. The highest BCUT2D eigenvalue weighted by atomic mass is 15.3. The van der Waals surface area contributed by atoms with Gasteiger partial charge >= 0.3 is 0 Å². The minimum atomic E-state index is 0.656. The molecule has 0 N–H and O–H groups in total. The van der Waals surface area contributed by atoms with Crippen LogP contribution in [0.4, 0.5) is 0 Å². The van der Waals surface area contributed by atoms with Gasteiger partial charge in [-0.15, -0.1) is 0 Å². The van der Waals surface area contributed by atoms with Crippen LogP contribution in [0.1, 0.15) is 34.6 Å². The van der Waals surface area contributed by atoms with Gasteiger partial charge in [-0.3, -0.25) is 4.90 Å². The molecule has 0 aliphatic carbocycles. The second-order valence-electron chi connectivity index (χ2n) is 6.24. The van der Waals surface area contributed by atoms with Crippen LogP contribution in [0.3, 0.4) is 0 Å². The summed E-state index contributed by atoms with van der Waals surface area (Å²) in [4.78, 5) is 10.5. The molecule has 1 heterocycles. The molecule has 1 saturated heterocycles. The number of nitrogens with zero attached hydrogens (tertiary/aromatic N) is 4. The Hall–Kier alpha value is -0.160. The molecule has 0 radical (unpaired) electrons. The maximum Gasteiger partial charge on any atom is 0.0195 e. The van der Waals surface area contributed by atoms with Gasteiger partial charge in [0.2, 0.25) is 0 Å². The van der Waals surface area contributed by atoms with Gasteiger partial charge in [-0.2, -0.15) is 0 Å². The van der Waals surface area contributed by atoms with Crippen LogP contribution in [0.5, 0.6) is 0 Å². The second kappa shape index (κ2) is 10.5. The molecule has 0 bridgehead atoms. The lowest BCUT2D eigenvalue weighted by molar-refractivity contribution is 0.112. The van der Waals surface area contributed by atoms with Crippen molar-refractivity contribution in [2.75, 3.05) is 72.0 Å². The molecule has 0 aromatic rings.